The summed E-state index contributed by atoms with van der Waals surface area (Å²) in [7, 11) is -3.13. The van der Waals surface area contributed by atoms with Gasteiger partial charge < -0.3 is 0 Å². The highest BCUT2D eigenvalue weighted by Gasteiger charge is 2.24. The highest BCUT2D eigenvalue weighted by atomic mass is 32.2. The van der Waals surface area contributed by atoms with Gasteiger partial charge in [0.25, 0.3) is 0 Å². The molecule has 0 aliphatic carbocycles. The molecule has 1 unspecified atom stereocenters. The third kappa shape index (κ3) is 2.45. The maximum absolute atomic E-state index is 11.4. The van der Waals surface area contributed by atoms with Crippen molar-refractivity contribution < 1.29 is 8.42 Å². The summed E-state index contributed by atoms with van der Waals surface area (Å²) >= 11 is 0. The first-order valence-corrected chi connectivity index (χ1v) is 6.80. The molecule has 1 aromatic heterocycles. The van der Waals surface area contributed by atoms with E-state index in [1.54, 1.807) is 18.6 Å². The van der Waals surface area contributed by atoms with Crippen molar-refractivity contribution in [2.24, 2.45) is 0 Å². The van der Waals surface area contributed by atoms with Gasteiger partial charge >= 0.3 is 0 Å². The van der Waals surface area contributed by atoms with Crippen LogP contribution in [0.4, 0.5) is 0 Å². The molecule has 0 fully saturated rings. The van der Waals surface area contributed by atoms with Crippen molar-refractivity contribution in [2.75, 3.05) is 19.3 Å². The standard InChI is InChI=1S/C10H13N3O2S/c1-16(14,15)13-6-2-3-9(8-13)10-7-11-4-5-12-10/h2-5,7,9H,6,8H2,1H3. The summed E-state index contributed by atoms with van der Waals surface area (Å²) < 4.78 is 24.3. The second kappa shape index (κ2) is 4.31. The molecule has 1 aliphatic rings. The van der Waals surface area contributed by atoms with Crippen LogP contribution >= 0.6 is 0 Å². The van der Waals surface area contributed by atoms with Gasteiger partial charge in [0, 0.05) is 37.6 Å². The molecule has 0 spiro atoms. The Morgan fingerprint density at radius 2 is 2.25 bits per heavy atom. The van der Waals surface area contributed by atoms with Gasteiger partial charge in [0.2, 0.25) is 10.0 Å². The summed E-state index contributed by atoms with van der Waals surface area (Å²) in [5.74, 6) is -0.00262. The zero-order chi connectivity index (χ0) is 11.6. The fourth-order valence-corrected chi connectivity index (χ4v) is 2.45. The predicted molar refractivity (Wildman–Crippen MR) is 60.3 cm³/mol. The second-order valence-corrected chi connectivity index (χ2v) is 5.73. The van der Waals surface area contributed by atoms with Gasteiger partial charge in [0.1, 0.15) is 0 Å². The van der Waals surface area contributed by atoms with Crippen LogP contribution in [0.15, 0.2) is 30.7 Å². The highest BCUT2D eigenvalue weighted by Crippen LogP contribution is 2.20. The summed E-state index contributed by atoms with van der Waals surface area (Å²) in [5.41, 5.74) is 0.798. The molecule has 16 heavy (non-hydrogen) atoms. The smallest absolute Gasteiger partial charge is 0.211 e. The molecule has 2 heterocycles. The molecule has 0 saturated carbocycles. The molecule has 86 valence electrons. The third-order valence-corrected chi connectivity index (χ3v) is 3.75. The maximum Gasteiger partial charge on any atom is 0.211 e. The number of rotatable bonds is 2. The lowest BCUT2D eigenvalue weighted by molar-refractivity contribution is 0.419. The first kappa shape index (κ1) is 11.2. The minimum absolute atomic E-state index is 0.00262. The quantitative estimate of drug-likeness (QED) is 0.700. The van der Waals surface area contributed by atoms with Crippen LogP contribution in [0.25, 0.3) is 0 Å². The van der Waals surface area contributed by atoms with Gasteiger partial charge in [-0.05, 0) is 0 Å². The van der Waals surface area contributed by atoms with Crippen molar-refractivity contribution in [1.29, 1.82) is 0 Å². The van der Waals surface area contributed by atoms with Crippen LogP contribution in [0.1, 0.15) is 11.6 Å². The van der Waals surface area contributed by atoms with E-state index in [0.717, 1.165) is 5.69 Å². The van der Waals surface area contributed by atoms with Crippen molar-refractivity contribution in [3.8, 4) is 0 Å². The second-order valence-electron chi connectivity index (χ2n) is 3.74. The highest BCUT2D eigenvalue weighted by molar-refractivity contribution is 7.88. The molecule has 1 aromatic rings. The van der Waals surface area contributed by atoms with Gasteiger partial charge in [-0.2, -0.15) is 4.31 Å². The van der Waals surface area contributed by atoms with Gasteiger partial charge in [-0.15, -0.1) is 0 Å². The van der Waals surface area contributed by atoms with E-state index in [1.165, 1.54) is 10.6 Å². The van der Waals surface area contributed by atoms with Crippen LogP contribution in [0.3, 0.4) is 0 Å². The van der Waals surface area contributed by atoms with Crippen LogP contribution in [0.2, 0.25) is 0 Å². The molecule has 0 bridgehead atoms. The first-order valence-electron chi connectivity index (χ1n) is 4.95. The normalized spacial score (nSPS) is 22.2. The van der Waals surface area contributed by atoms with Gasteiger partial charge in [-0.1, -0.05) is 12.2 Å². The van der Waals surface area contributed by atoms with Gasteiger partial charge in [0.15, 0.2) is 0 Å². The Hall–Kier alpha value is -1.27. The maximum atomic E-state index is 11.4. The minimum atomic E-state index is -3.13. The lowest BCUT2D eigenvalue weighted by Crippen LogP contribution is -2.36. The number of aromatic nitrogens is 2. The zero-order valence-electron chi connectivity index (χ0n) is 8.94. The zero-order valence-corrected chi connectivity index (χ0v) is 9.76. The lowest BCUT2D eigenvalue weighted by atomic mass is 10.0. The Morgan fingerprint density at radius 1 is 1.44 bits per heavy atom. The molecule has 0 saturated heterocycles. The largest absolute Gasteiger partial charge is 0.261 e. The number of nitrogens with zero attached hydrogens (tertiary/aromatic N) is 3. The van der Waals surface area contributed by atoms with E-state index >= 15 is 0 Å². The lowest BCUT2D eigenvalue weighted by Gasteiger charge is -2.26. The van der Waals surface area contributed by atoms with E-state index < -0.39 is 10.0 Å². The Labute approximate surface area is 94.9 Å². The Morgan fingerprint density at radius 3 is 2.88 bits per heavy atom. The van der Waals surface area contributed by atoms with Crippen LogP contribution < -0.4 is 0 Å². The Kier molecular flexibility index (Phi) is 3.02. The molecule has 0 amide bonds. The molecular formula is C10H13N3O2S. The van der Waals surface area contributed by atoms with E-state index in [1.807, 2.05) is 12.2 Å². The van der Waals surface area contributed by atoms with E-state index in [4.69, 9.17) is 0 Å². The van der Waals surface area contributed by atoms with E-state index in [0.29, 0.717) is 13.1 Å². The monoisotopic (exact) mass is 239 g/mol. The predicted octanol–water partition coefficient (Wildman–Crippen LogP) is 0.392. The number of hydrogen-bond acceptors (Lipinski definition) is 4. The van der Waals surface area contributed by atoms with Crippen LogP contribution in [0.5, 0.6) is 0 Å². The van der Waals surface area contributed by atoms with E-state index in [9.17, 15) is 8.42 Å². The van der Waals surface area contributed by atoms with Crippen LogP contribution in [-0.4, -0.2) is 42.0 Å². The summed E-state index contributed by atoms with van der Waals surface area (Å²) in [6.07, 6.45) is 9.93. The average Bonchev–Trinajstić information content (AvgIpc) is 2.29. The molecule has 1 aliphatic heterocycles. The molecule has 0 N–H and O–H groups in total. The fourth-order valence-electron chi connectivity index (χ4n) is 1.66. The van der Waals surface area contributed by atoms with Crippen LogP contribution in [-0.2, 0) is 10.0 Å². The third-order valence-electron chi connectivity index (χ3n) is 2.51. The minimum Gasteiger partial charge on any atom is -0.261 e. The number of sulfonamides is 1. The van der Waals surface area contributed by atoms with Crippen LogP contribution in [0, 0.1) is 0 Å². The summed E-state index contributed by atoms with van der Waals surface area (Å²) in [6, 6.07) is 0. The van der Waals surface area contributed by atoms with E-state index in [2.05, 4.69) is 9.97 Å². The number of hydrogen-bond donors (Lipinski definition) is 0. The van der Waals surface area contributed by atoms with Crippen molar-refractivity contribution >= 4 is 10.0 Å². The SMILES string of the molecule is CS(=O)(=O)N1CC=CC(c2cnccn2)C1. The molecule has 2 rings (SSSR count). The van der Waals surface area contributed by atoms with Crippen molar-refractivity contribution in [3.05, 3.63) is 36.4 Å². The molecule has 1 atom stereocenters. The molecule has 0 aromatic carbocycles. The van der Waals surface area contributed by atoms with Gasteiger partial charge in [-0.25, -0.2) is 8.42 Å². The Bertz CT molecular complexity index is 484. The fraction of sp³-hybridized carbons (Fsp3) is 0.400. The van der Waals surface area contributed by atoms with E-state index in [-0.39, 0.29) is 5.92 Å². The molecular weight excluding hydrogens is 226 g/mol. The Balaban J connectivity index is 2.21. The van der Waals surface area contributed by atoms with Crippen molar-refractivity contribution in [1.82, 2.24) is 14.3 Å². The van der Waals surface area contributed by atoms with Crippen molar-refractivity contribution in [3.63, 3.8) is 0 Å². The summed E-state index contributed by atoms with van der Waals surface area (Å²) in [4.78, 5) is 8.17. The summed E-state index contributed by atoms with van der Waals surface area (Å²) in [6.45, 7) is 0.879. The van der Waals surface area contributed by atoms with Crippen molar-refractivity contribution in [2.45, 2.75) is 5.92 Å². The average molecular weight is 239 g/mol. The molecule has 5 nitrogen and oxygen atoms in total. The first-order chi connectivity index (χ1) is 7.57. The van der Waals surface area contributed by atoms with Gasteiger partial charge in [0.05, 0.1) is 11.9 Å². The summed E-state index contributed by atoms with van der Waals surface area (Å²) in [5, 5.41) is 0. The molecule has 6 heteroatoms. The van der Waals surface area contributed by atoms with Gasteiger partial charge in [-0.3, -0.25) is 9.97 Å². The molecule has 0 radical (unpaired) electrons. The topological polar surface area (TPSA) is 63.2 Å².